The van der Waals surface area contributed by atoms with Gasteiger partial charge in [-0.15, -0.1) is 24.0 Å². The first-order valence-electron chi connectivity index (χ1n) is 10.6. The van der Waals surface area contributed by atoms with E-state index in [1.54, 1.807) is 12.1 Å². The van der Waals surface area contributed by atoms with Crippen LogP contribution in [-0.2, 0) is 17.3 Å². The summed E-state index contributed by atoms with van der Waals surface area (Å²) in [5.41, 5.74) is 0.940. The lowest BCUT2D eigenvalue weighted by Crippen LogP contribution is -2.52. The lowest BCUT2D eigenvalue weighted by atomic mass is 10.2. The van der Waals surface area contributed by atoms with E-state index in [4.69, 9.17) is 9.73 Å². The smallest absolute Gasteiger partial charge is 0.194 e. The molecule has 0 spiro atoms. The van der Waals surface area contributed by atoms with Crippen molar-refractivity contribution in [2.24, 2.45) is 4.99 Å². The topological polar surface area (TPSA) is 57.2 Å². The maximum absolute atomic E-state index is 13.9. The number of methoxy groups -OCH3 is 1. The van der Waals surface area contributed by atoms with Gasteiger partial charge < -0.3 is 15.0 Å². The van der Waals surface area contributed by atoms with Crippen LogP contribution < -0.4 is 10.1 Å². The number of hydrogen-bond acceptors (Lipinski definition) is 4. The van der Waals surface area contributed by atoms with Gasteiger partial charge in [-0.3, -0.25) is 14.1 Å². The quantitative estimate of drug-likeness (QED) is 0.298. The maximum Gasteiger partial charge on any atom is 0.194 e. The van der Waals surface area contributed by atoms with Crippen molar-refractivity contribution in [2.75, 3.05) is 52.1 Å². The molecule has 1 N–H and O–H groups in total. The molecule has 1 aliphatic rings. The summed E-state index contributed by atoms with van der Waals surface area (Å²) in [4.78, 5) is 10.1. The van der Waals surface area contributed by atoms with Crippen LogP contribution in [0.1, 0.15) is 12.5 Å². The first-order chi connectivity index (χ1) is 15.1. The Morgan fingerprint density at radius 1 is 1.16 bits per heavy atom. The van der Waals surface area contributed by atoms with Crippen molar-refractivity contribution < 1.29 is 13.3 Å². The van der Waals surface area contributed by atoms with Crippen LogP contribution in [0.15, 0.2) is 58.4 Å². The lowest BCUT2D eigenvalue weighted by molar-refractivity contribution is 0.172. The summed E-state index contributed by atoms with van der Waals surface area (Å²) < 4.78 is 31.3. The fourth-order valence-electron chi connectivity index (χ4n) is 3.53. The monoisotopic (exact) mass is 574 g/mol. The maximum atomic E-state index is 13.9. The van der Waals surface area contributed by atoms with E-state index in [0.717, 1.165) is 49.1 Å². The number of nitrogens with zero attached hydrogens (tertiary/aromatic N) is 3. The van der Waals surface area contributed by atoms with Crippen molar-refractivity contribution in [1.82, 2.24) is 15.1 Å². The van der Waals surface area contributed by atoms with Gasteiger partial charge in [-0.05, 0) is 36.8 Å². The van der Waals surface area contributed by atoms with Crippen LogP contribution in [0.5, 0.6) is 5.75 Å². The highest BCUT2D eigenvalue weighted by atomic mass is 127. The van der Waals surface area contributed by atoms with E-state index in [1.165, 1.54) is 7.11 Å². The van der Waals surface area contributed by atoms with E-state index in [0.29, 0.717) is 18.8 Å². The van der Waals surface area contributed by atoms with Gasteiger partial charge in [0.1, 0.15) is 0 Å². The minimum Gasteiger partial charge on any atom is -0.494 e. The molecule has 0 aromatic heterocycles. The van der Waals surface area contributed by atoms with E-state index in [1.807, 2.05) is 43.3 Å². The molecule has 176 valence electrons. The third-order valence-electron chi connectivity index (χ3n) is 5.17. The molecule has 0 amide bonds. The van der Waals surface area contributed by atoms with Gasteiger partial charge in [-0.25, -0.2) is 4.39 Å². The van der Waals surface area contributed by atoms with E-state index < -0.39 is 10.8 Å². The molecular formula is C23H32FIN4O2S. The summed E-state index contributed by atoms with van der Waals surface area (Å²) in [5, 5.41) is 3.35. The molecule has 1 heterocycles. The highest BCUT2D eigenvalue weighted by molar-refractivity contribution is 14.0. The van der Waals surface area contributed by atoms with E-state index in [9.17, 15) is 8.60 Å². The van der Waals surface area contributed by atoms with Crippen LogP contribution in [-0.4, -0.2) is 72.1 Å². The first-order valence-corrected chi connectivity index (χ1v) is 11.9. The number of piperazine rings is 1. The standard InChI is InChI=1S/C23H31FN4O2S.HI/c1-3-25-23(26-11-16-31(29)20-7-5-4-6-8-20)28-14-12-27(13-15-28)18-19-9-10-22(30-2)21(24)17-19;/h4-10,17H,3,11-16,18H2,1-2H3,(H,25,26);1H. The van der Waals surface area contributed by atoms with Crippen molar-refractivity contribution in [2.45, 2.75) is 18.4 Å². The number of aliphatic imine (C=N–C) groups is 1. The average molecular weight is 575 g/mol. The van der Waals surface area contributed by atoms with Gasteiger partial charge in [0.2, 0.25) is 0 Å². The highest BCUT2D eigenvalue weighted by Gasteiger charge is 2.20. The second-order valence-electron chi connectivity index (χ2n) is 7.33. The van der Waals surface area contributed by atoms with Gasteiger partial charge in [-0.2, -0.15) is 0 Å². The van der Waals surface area contributed by atoms with Crippen LogP contribution in [0.25, 0.3) is 0 Å². The Morgan fingerprint density at radius 3 is 2.50 bits per heavy atom. The fourth-order valence-corrected chi connectivity index (χ4v) is 4.49. The Balaban J connectivity index is 0.00000363. The van der Waals surface area contributed by atoms with Crippen molar-refractivity contribution in [3.63, 3.8) is 0 Å². The van der Waals surface area contributed by atoms with Crippen molar-refractivity contribution >= 4 is 40.7 Å². The summed E-state index contributed by atoms with van der Waals surface area (Å²) in [5.74, 6) is 1.31. The Bertz CT molecular complexity index is 893. The van der Waals surface area contributed by atoms with Crippen LogP contribution in [0.2, 0.25) is 0 Å². The van der Waals surface area contributed by atoms with Gasteiger partial charge in [0.05, 0.1) is 24.5 Å². The molecular weight excluding hydrogens is 542 g/mol. The molecule has 1 saturated heterocycles. The Hall–Kier alpha value is -1.72. The molecule has 2 aromatic rings. The van der Waals surface area contributed by atoms with Gasteiger partial charge in [0.15, 0.2) is 17.5 Å². The third-order valence-corrected chi connectivity index (χ3v) is 6.52. The van der Waals surface area contributed by atoms with Crippen molar-refractivity contribution in [1.29, 1.82) is 0 Å². The summed E-state index contributed by atoms with van der Waals surface area (Å²) >= 11 is 0. The molecule has 1 atom stereocenters. The van der Waals surface area contributed by atoms with Crippen LogP contribution in [0, 0.1) is 5.82 Å². The molecule has 3 rings (SSSR count). The molecule has 32 heavy (non-hydrogen) atoms. The molecule has 1 aliphatic heterocycles. The minimum atomic E-state index is -1.04. The van der Waals surface area contributed by atoms with Crippen LogP contribution in [0.4, 0.5) is 4.39 Å². The molecule has 9 heteroatoms. The number of guanidine groups is 1. The Morgan fingerprint density at radius 2 is 1.88 bits per heavy atom. The number of hydrogen-bond donors (Lipinski definition) is 1. The van der Waals surface area contributed by atoms with Crippen molar-refractivity contribution in [3.05, 3.63) is 59.9 Å². The highest BCUT2D eigenvalue weighted by Crippen LogP contribution is 2.19. The minimum absolute atomic E-state index is 0. The van der Waals surface area contributed by atoms with Crippen LogP contribution in [0.3, 0.4) is 0 Å². The zero-order valence-corrected chi connectivity index (χ0v) is 21.8. The predicted molar refractivity (Wildman–Crippen MR) is 139 cm³/mol. The zero-order chi connectivity index (χ0) is 22.1. The SMILES string of the molecule is CCNC(=NCCS(=O)c1ccccc1)N1CCN(Cc2ccc(OC)c(F)c2)CC1.I. The van der Waals surface area contributed by atoms with E-state index in [-0.39, 0.29) is 35.5 Å². The van der Waals surface area contributed by atoms with E-state index in [2.05, 4.69) is 15.1 Å². The van der Waals surface area contributed by atoms with E-state index >= 15 is 0 Å². The predicted octanol–water partition coefficient (Wildman–Crippen LogP) is 3.34. The molecule has 1 fully saturated rings. The molecule has 0 saturated carbocycles. The zero-order valence-electron chi connectivity index (χ0n) is 18.6. The average Bonchev–Trinajstić information content (AvgIpc) is 2.80. The van der Waals surface area contributed by atoms with Gasteiger partial charge >= 0.3 is 0 Å². The third kappa shape index (κ3) is 7.70. The molecule has 0 aliphatic carbocycles. The molecule has 1 unspecified atom stereocenters. The molecule has 0 radical (unpaired) electrons. The summed E-state index contributed by atoms with van der Waals surface area (Å²) in [7, 11) is 0.430. The Kier molecular flexibility index (Phi) is 11.4. The molecule has 2 aromatic carbocycles. The normalized spacial score (nSPS) is 15.7. The Labute approximate surface area is 209 Å². The molecule has 6 nitrogen and oxygen atoms in total. The summed E-state index contributed by atoms with van der Waals surface area (Å²) in [6.07, 6.45) is 0. The van der Waals surface area contributed by atoms with Crippen LogP contribution >= 0.6 is 24.0 Å². The lowest BCUT2D eigenvalue weighted by Gasteiger charge is -2.36. The first kappa shape index (κ1) is 26.5. The number of rotatable bonds is 8. The van der Waals surface area contributed by atoms with Gasteiger partial charge in [0, 0.05) is 49.9 Å². The second kappa shape index (κ2) is 13.7. The number of benzene rings is 2. The number of ether oxygens (including phenoxy) is 1. The number of nitrogens with one attached hydrogen (secondary N) is 1. The summed E-state index contributed by atoms with van der Waals surface area (Å²) in [6.45, 7) is 7.46. The number of halogens is 2. The van der Waals surface area contributed by atoms with Gasteiger partial charge in [0.25, 0.3) is 0 Å². The fraction of sp³-hybridized carbons (Fsp3) is 0.435. The molecule has 0 bridgehead atoms. The largest absolute Gasteiger partial charge is 0.494 e. The second-order valence-corrected chi connectivity index (χ2v) is 8.90. The summed E-state index contributed by atoms with van der Waals surface area (Å²) in [6, 6.07) is 14.6. The van der Waals surface area contributed by atoms with Gasteiger partial charge in [-0.1, -0.05) is 24.3 Å². The van der Waals surface area contributed by atoms with Crippen molar-refractivity contribution in [3.8, 4) is 5.75 Å².